The Kier molecular flexibility index (Phi) is 13.0. The van der Waals surface area contributed by atoms with Gasteiger partial charge in [0.05, 0.1) is 5.75 Å². The molecule has 0 aromatic carbocycles. The molecular weight excluding hydrogens is 194 g/mol. The summed E-state index contributed by atoms with van der Waals surface area (Å²) in [6.07, 6.45) is 0.615. The second-order valence-corrected chi connectivity index (χ2v) is 2.51. The molecule has 1 N–H and O–H groups in total. The van der Waals surface area contributed by atoms with Crippen molar-refractivity contribution in [3.8, 4) is 0 Å². The Balaban J connectivity index is 0. The summed E-state index contributed by atoms with van der Waals surface area (Å²) in [4.78, 5) is 20.1. The fraction of sp³-hybridized carbons (Fsp3) is 0.714. The van der Waals surface area contributed by atoms with Crippen LogP contribution in [0.25, 0.3) is 0 Å². The molecule has 0 aliphatic heterocycles. The van der Waals surface area contributed by atoms with Gasteiger partial charge in [-0.15, -0.1) is 0 Å². The van der Waals surface area contributed by atoms with Crippen LogP contribution in [0.3, 0.4) is 0 Å². The molecule has 0 bridgehead atoms. The van der Waals surface area contributed by atoms with E-state index in [-0.39, 0.29) is 17.4 Å². The van der Waals surface area contributed by atoms with Crippen molar-refractivity contribution in [3.05, 3.63) is 0 Å². The molecule has 0 fully saturated rings. The summed E-state index contributed by atoms with van der Waals surface area (Å²) in [5.74, 6) is 0.823. The average molecular weight is 209 g/mol. The molecule has 0 unspecified atom stereocenters. The second kappa shape index (κ2) is 10.8. The standard InChI is InChI=1S/C4H8OS.C3H7NOS/c1-2-4(5)3-6;1-4-3(5)2-6/h6H,2-3H2,1H3;6H,2H2,1H3,(H,4,5). The van der Waals surface area contributed by atoms with Crippen LogP contribution in [0.5, 0.6) is 0 Å². The van der Waals surface area contributed by atoms with Gasteiger partial charge in [-0.25, -0.2) is 0 Å². The molecular formula is C7H15NO2S2. The third kappa shape index (κ3) is 12.5. The maximum atomic E-state index is 10.1. The first-order valence-electron chi connectivity index (χ1n) is 3.56. The molecule has 72 valence electrons. The molecule has 0 aliphatic rings. The van der Waals surface area contributed by atoms with Gasteiger partial charge in [0.15, 0.2) is 0 Å². The van der Waals surface area contributed by atoms with E-state index in [1.807, 2.05) is 6.92 Å². The van der Waals surface area contributed by atoms with E-state index in [9.17, 15) is 9.59 Å². The van der Waals surface area contributed by atoms with Crippen molar-refractivity contribution in [2.24, 2.45) is 0 Å². The Morgan fingerprint density at radius 2 is 1.75 bits per heavy atom. The predicted molar refractivity (Wildman–Crippen MR) is 57.1 cm³/mol. The minimum Gasteiger partial charge on any atom is -0.358 e. The first-order chi connectivity index (χ1) is 5.62. The van der Waals surface area contributed by atoms with Crippen molar-refractivity contribution in [2.45, 2.75) is 13.3 Å². The molecule has 5 heteroatoms. The van der Waals surface area contributed by atoms with Crippen LogP contribution >= 0.6 is 25.3 Å². The van der Waals surface area contributed by atoms with Gasteiger partial charge in [-0.1, -0.05) is 6.92 Å². The summed E-state index contributed by atoms with van der Waals surface area (Å²) in [6, 6.07) is 0. The van der Waals surface area contributed by atoms with E-state index in [2.05, 4.69) is 30.6 Å². The van der Waals surface area contributed by atoms with Gasteiger partial charge >= 0.3 is 0 Å². The molecule has 12 heavy (non-hydrogen) atoms. The predicted octanol–water partition coefficient (Wildman–Crippen LogP) is 0.557. The highest BCUT2D eigenvalue weighted by atomic mass is 32.1. The van der Waals surface area contributed by atoms with Gasteiger partial charge in [0.1, 0.15) is 5.78 Å². The Morgan fingerprint density at radius 3 is 1.75 bits per heavy atom. The summed E-state index contributed by atoms with van der Waals surface area (Å²) in [7, 11) is 1.58. The molecule has 3 nitrogen and oxygen atoms in total. The molecule has 0 atom stereocenters. The quantitative estimate of drug-likeness (QED) is 0.595. The highest BCUT2D eigenvalue weighted by Crippen LogP contribution is 1.81. The lowest BCUT2D eigenvalue weighted by Crippen LogP contribution is -2.18. The topological polar surface area (TPSA) is 46.2 Å². The van der Waals surface area contributed by atoms with E-state index in [0.717, 1.165) is 0 Å². The minimum absolute atomic E-state index is 0.0432. The third-order valence-corrected chi connectivity index (χ3v) is 1.63. The lowest BCUT2D eigenvalue weighted by Gasteiger charge is -1.86. The van der Waals surface area contributed by atoms with E-state index in [1.54, 1.807) is 7.05 Å². The Morgan fingerprint density at radius 1 is 1.25 bits per heavy atom. The summed E-state index contributed by atoms with van der Waals surface area (Å²) in [5.41, 5.74) is 0. The van der Waals surface area contributed by atoms with Gasteiger partial charge in [0.25, 0.3) is 0 Å². The van der Waals surface area contributed by atoms with Crippen molar-refractivity contribution in [3.63, 3.8) is 0 Å². The van der Waals surface area contributed by atoms with Gasteiger partial charge in [0, 0.05) is 19.2 Å². The van der Waals surface area contributed by atoms with Crippen LogP contribution in [0.4, 0.5) is 0 Å². The van der Waals surface area contributed by atoms with Gasteiger partial charge in [-0.05, 0) is 0 Å². The highest BCUT2D eigenvalue weighted by molar-refractivity contribution is 7.81. The highest BCUT2D eigenvalue weighted by Gasteiger charge is 1.87. The number of thiol groups is 2. The Bertz CT molecular complexity index is 111. The molecule has 0 aromatic heterocycles. The first-order valence-corrected chi connectivity index (χ1v) is 4.82. The lowest BCUT2D eigenvalue weighted by atomic mass is 10.4. The fourth-order valence-corrected chi connectivity index (χ4v) is 0.573. The number of amides is 1. The van der Waals surface area contributed by atoms with Crippen LogP contribution in [0.15, 0.2) is 0 Å². The molecule has 0 rings (SSSR count). The smallest absolute Gasteiger partial charge is 0.229 e. The number of hydrogen-bond donors (Lipinski definition) is 3. The van der Waals surface area contributed by atoms with Crippen LogP contribution in [0.2, 0.25) is 0 Å². The number of rotatable bonds is 3. The summed E-state index contributed by atoms with van der Waals surface area (Å²) in [5, 5.41) is 2.40. The van der Waals surface area contributed by atoms with Crippen molar-refractivity contribution >= 4 is 36.9 Å². The van der Waals surface area contributed by atoms with Crippen LogP contribution < -0.4 is 5.32 Å². The largest absolute Gasteiger partial charge is 0.358 e. The third-order valence-electron chi connectivity index (χ3n) is 0.993. The monoisotopic (exact) mass is 209 g/mol. The maximum Gasteiger partial charge on any atom is 0.229 e. The Labute approximate surface area is 84.1 Å². The molecule has 0 aliphatic carbocycles. The summed E-state index contributed by atoms with van der Waals surface area (Å²) in [6.45, 7) is 1.83. The van der Waals surface area contributed by atoms with Crippen molar-refractivity contribution in [2.75, 3.05) is 18.6 Å². The van der Waals surface area contributed by atoms with Gasteiger partial charge in [0.2, 0.25) is 5.91 Å². The van der Waals surface area contributed by atoms with E-state index >= 15 is 0 Å². The van der Waals surface area contributed by atoms with Crippen LogP contribution in [0, 0.1) is 0 Å². The zero-order valence-corrected chi connectivity index (χ0v) is 9.12. The van der Waals surface area contributed by atoms with Crippen molar-refractivity contribution < 1.29 is 9.59 Å². The summed E-state index contributed by atoms with van der Waals surface area (Å²) < 4.78 is 0. The number of hydrogen-bond acceptors (Lipinski definition) is 4. The van der Waals surface area contributed by atoms with Gasteiger partial charge in [-0.3, -0.25) is 9.59 Å². The van der Waals surface area contributed by atoms with E-state index < -0.39 is 0 Å². The van der Waals surface area contributed by atoms with Crippen molar-refractivity contribution in [1.29, 1.82) is 0 Å². The normalized spacial score (nSPS) is 8.00. The van der Waals surface area contributed by atoms with Crippen LogP contribution in [-0.2, 0) is 9.59 Å². The molecule has 0 saturated heterocycles. The molecule has 0 radical (unpaired) electrons. The van der Waals surface area contributed by atoms with Crippen molar-refractivity contribution in [1.82, 2.24) is 5.32 Å². The Hall–Kier alpha value is -0.160. The van der Waals surface area contributed by atoms with Gasteiger partial charge in [-0.2, -0.15) is 25.3 Å². The number of Topliss-reactive ketones (excluding diaryl/α,β-unsaturated/α-hetero) is 1. The SMILES string of the molecule is CCC(=O)CS.CNC(=O)CS. The van der Waals surface area contributed by atoms with E-state index in [1.165, 1.54) is 0 Å². The van der Waals surface area contributed by atoms with Gasteiger partial charge < -0.3 is 5.32 Å². The van der Waals surface area contributed by atoms with E-state index in [0.29, 0.717) is 12.2 Å². The molecule has 0 heterocycles. The second-order valence-electron chi connectivity index (χ2n) is 1.88. The minimum atomic E-state index is -0.0432. The number of ketones is 1. The number of carbonyl (C=O) groups is 2. The fourth-order valence-electron chi connectivity index (χ4n) is 0.191. The zero-order chi connectivity index (χ0) is 9.98. The average Bonchev–Trinajstić information content (AvgIpc) is 2.16. The van der Waals surface area contributed by atoms with E-state index in [4.69, 9.17) is 0 Å². The van der Waals surface area contributed by atoms with Crippen LogP contribution in [0.1, 0.15) is 13.3 Å². The number of nitrogens with one attached hydrogen (secondary N) is 1. The molecule has 0 spiro atoms. The lowest BCUT2D eigenvalue weighted by molar-refractivity contribution is -0.118. The molecule has 0 aromatic rings. The maximum absolute atomic E-state index is 10.1. The zero-order valence-electron chi connectivity index (χ0n) is 7.33. The first kappa shape index (κ1) is 14.4. The summed E-state index contributed by atoms with van der Waals surface area (Å²) >= 11 is 7.43. The number of carbonyl (C=O) groups excluding carboxylic acids is 2. The van der Waals surface area contributed by atoms with Crippen LogP contribution in [-0.4, -0.2) is 30.2 Å². The molecule has 0 saturated carbocycles. The molecule has 1 amide bonds.